The Morgan fingerprint density at radius 3 is 1.58 bits per heavy atom. The van der Waals surface area contributed by atoms with Gasteiger partial charge < -0.3 is 0 Å². The van der Waals surface area contributed by atoms with E-state index in [1.54, 1.807) is 12.1 Å². The Kier molecular flexibility index (Phi) is 6.67. The average Bonchev–Trinajstić information content (AvgIpc) is 2.40. The molecule has 0 aliphatic carbocycles. The van der Waals surface area contributed by atoms with E-state index in [0.717, 1.165) is 11.3 Å². The monoisotopic (exact) mass is 294 g/mol. The molecule has 0 atom stereocenters. The lowest BCUT2D eigenvalue weighted by Crippen LogP contribution is -1.99. The zero-order chi connectivity index (χ0) is 14.1. The van der Waals surface area contributed by atoms with Crippen LogP contribution in [0, 0.1) is 0 Å². The molecule has 0 N–H and O–H groups in total. The fourth-order valence-corrected chi connectivity index (χ4v) is 2.47. The van der Waals surface area contributed by atoms with Crippen molar-refractivity contribution in [2.75, 3.05) is 6.26 Å². The van der Waals surface area contributed by atoms with Crippen LogP contribution in [0.5, 0.6) is 0 Å². The third kappa shape index (κ3) is 7.70. The minimum atomic E-state index is -2.88. The molecule has 4 heteroatoms. The Balaban J connectivity index is 0.000000200. The molecule has 0 unspecified atom stereocenters. The lowest BCUT2D eigenvalue weighted by Gasteiger charge is -1.96. The minimum Gasteiger partial charge on any atom is -0.229 e. The number of sulfone groups is 1. The third-order valence-corrected chi connectivity index (χ3v) is 3.52. The Morgan fingerprint density at radius 2 is 1.26 bits per heavy atom. The van der Waals surface area contributed by atoms with Crippen molar-refractivity contribution in [3.8, 4) is 0 Å². The summed E-state index contributed by atoms with van der Waals surface area (Å²) >= 11 is 4.11. The van der Waals surface area contributed by atoms with Crippen molar-refractivity contribution in [3.05, 3.63) is 71.8 Å². The molecule has 0 aromatic heterocycles. The summed E-state index contributed by atoms with van der Waals surface area (Å²) in [6.07, 6.45) is 1.24. The fourth-order valence-electron chi connectivity index (χ4n) is 1.46. The fraction of sp³-hybridized carbons (Fsp3) is 0.200. The van der Waals surface area contributed by atoms with E-state index in [2.05, 4.69) is 24.8 Å². The lowest BCUT2D eigenvalue weighted by molar-refractivity contribution is 0.601. The molecule has 0 bridgehead atoms. The Morgan fingerprint density at radius 1 is 0.842 bits per heavy atom. The van der Waals surface area contributed by atoms with Crippen molar-refractivity contribution in [2.24, 2.45) is 0 Å². The molecule has 2 rings (SSSR count). The number of rotatable bonds is 3. The molecular formula is C15H18O2S2. The van der Waals surface area contributed by atoms with Crippen molar-refractivity contribution in [3.63, 3.8) is 0 Å². The van der Waals surface area contributed by atoms with Crippen LogP contribution in [-0.2, 0) is 21.3 Å². The molecule has 0 aliphatic rings. The van der Waals surface area contributed by atoms with Gasteiger partial charge in [-0.15, -0.1) is 0 Å². The van der Waals surface area contributed by atoms with Gasteiger partial charge in [0.2, 0.25) is 0 Å². The van der Waals surface area contributed by atoms with E-state index >= 15 is 0 Å². The molecule has 0 radical (unpaired) electrons. The third-order valence-electron chi connectivity index (χ3n) is 2.30. The van der Waals surface area contributed by atoms with Crippen LogP contribution in [0.1, 0.15) is 11.1 Å². The molecule has 0 fully saturated rings. The van der Waals surface area contributed by atoms with Crippen molar-refractivity contribution in [1.82, 2.24) is 0 Å². The minimum absolute atomic E-state index is 0.133. The molecule has 0 amide bonds. The first kappa shape index (κ1) is 15.8. The molecule has 19 heavy (non-hydrogen) atoms. The standard InChI is InChI=1S/C8H10O2S.C7H8S/c1-11(9,10)7-8-5-3-2-4-6-8;8-6-7-4-2-1-3-5-7/h2-6H,7H2,1H3;1-5,8H,6H2. The van der Waals surface area contributed by atoms with Gasteiger partial charge in [0.15, 0.2) is 9.84 Å². The maximum Gasteiger partial charge on any atom is 0.151 e. The molecule has 102 valence electrons. The van der Waals surface area contributed by atoms with Gasteiger partial charge in [0.05, 0.1) is 5.75 Å². The molecule has 2 aromatic carbocycles. The molecule has 0 heterocycles. The van der Waals surface area contributed by atoms with Gasteiger partial charge in [-0.1, -0.05) is 60.7 Å². The Bertz CT molecular complexity index is 564. The van der Waals surface area contributed by atoms with Crippen LogP contribution in [0.15, 0.2) is 60.7 Å². The van der Waals surface area contributed by atoms with Gasteiger partial charge in [-0.25, -0.2) is 8.42 Å². The number of benzene rings is 2. The molecule has 0 aliphatic heterocycles. The first-order valence-electron chi connectivity index (χ1n) is 5.87. The van der Waals surface area contributed by atoms with Crippen LogP contribution >= 0.6 is 12.6 Å². The number of hydrogen-bond acceptors (Lipinski definition) is 3. The average molecular weight is 294 g/mol. The molecule has 2 nitrogen and oxygen atoms in total. The summed E-state index contributed by atoms with van der Waals surface area (Å²) in [5.74, 6) is 0.967. The van der Waals surface area contributed by atoms with Gasteiger partial charge in [-0.2, -0.15) is 12.6 Å². The van der Waals surface area contributed by atoms with E-state index in [9.17, 15) is 8.42 Å². The zero-order valence-electron chi connectivity index (χ0n) is 10.9. The van der Waals surface area contributed by atoms with Crippen LogP contribution < -0.4 is 0 Å². The SMILES string of the molecule is CS(=O)(=O)Cc1ccccc1.SCc1ccccc1. The van der Waals surface area contributed by atoms with Crippen molar-refractivity contribution in [1.29, 1.82) is 0 Å². The number of thiol groups is 1. The highest BCUT2D eigenvalue weighted by molar-refractivity contribution is 7.89. The van der Waals surface area contributed by atoms with Crippen molar-refractivity contribution in [2.45, 2.75) is 11.5 Å². The highest BCUT2D eigenvalue weighted by Gasteiger charge is 2.01. The summed E-state index contributed by atoms with van der Waals surface area (Å²) in [5.41, 5.74) is 2.12. The van der Waals surface area contributed by atoms with Crippen LogP contribution in [0.4, 0.5) is 0 Å². The largest absolute Gasteiger partial charge is 0.229 e. The highest BCUT2D eigenvalue weighted by Crippen LogP contribution is 2.03. The van der Waals surface area contributed by atoms with E-state index in [1.165, 1.54) is 11.8 Å². The van der Waals surface area contributed by atoms with E-state index in [-0.39, 0.29) is 5.75 Å². The summed E-state index contributed by atoms with van der Waals surface area (Å²) < 4.78 is 21.6. The van der Waals surface area contributed by atoms with Gasteiger partial charge in [0.1, 0.15) is 0 Å². The Hall–Kier alpha value is -1.26. The topological polar surface area (TPSA) is 34.1 Å². The summed E-state index contributed by atoms with van der Waals surface area (Å²) in [6, 6.07) is 19.3. The van der Waals surface area contributed by atoms with Gasteiger partial charge in [0.25, 0.3) is 0 Å². The summed E-state index contributed by atoms with van der Waals surface area (Å²) in [7, 11) is -2.88. The van der Waals surface area contributed by atoms with Gasteiger partial charge in [0, 0.05) is 12.0 Å². The second-order valence-corrected chi connectivity index (χ2v) is 6.66. The second-order valence-electron chi connectivity index (χ2n) is 4.20. The molecular weight excluding hydrogens is 276 g/mol. The maximum atomic E-state index is 10.8. The predicted octanol–water partition coefficient (Wildman–Crippen LogP) is 3.35. The van der Waals surface area contributed by atoms with Crippen molar-refractivity contribution >= 4 is 22.5 Å². The first-order valence-corrected chi connectivity index (χ1v) is 8.57. The van der Waals surface area contributed by atoms with Gasteiger partial charge in [-0.3, -0.25) is 0 Å². The van der Waals surface area contributed by atoms with Gasteiger partial charge >= 0.3 is 0 Å². The predicted molar refractivity (Wildman–Crippen MR) is 84.1 cm³/mol. The summed E-state index contributed by atoms with van der Waals surface area (Å²) in [4.78, 5) is 0. The van der Waals surface area contributed by atoms with Crippen LogP contribution in [0.3, 0.4) is 0 Å². The van der Waals surface area contributed by atoms with Gasteiger partial charge in [-0.05, 0) is 11.1 Å². The Labute approximate surface area is 120 Å². The second kappa shape index (κ2) is 8.02. The highest BCUT2D eigenvalue weighted by atomic mass is 32.2. The first-order chi connectivity index (χ1) is 9.01. The molecule has 2 aromatic rings. The summed E-state index contributed by atoms with van der Waals surface area (Å²) in [5, 5.41) is 0. The van der Waals surface area contributed by atoms with Crippen LogP contribution in [0.25, 0.3) is 0 Å². The van der Waals surface area contributed by atoms with Crippen LogP contribution in [-0.4, -0.2) is 14.7 Å². The zero-order valence-corrected chi connectivity index (χ0v) is 12.6. The van der Waals surface area contributed by atoms with Crippen LogP contribution in [0.2, 0.25) is 0 Å². The smallest absolute Gasteiger partial charge is 0.151 e. The molecule has 0 saturated carbocycles. The lowest BCUT2D eigenvalue weighted by atomic mass is 10.2. The normalized spacial score (nSPS) is 10.4. The number of hydrogen-bond donors (Lipinski definition) is 1. The maximum absolute atomic E-state index is 10.8. The quantitative estimate of drug-likeness (QED) is 0.881. The molecule has 0 spiro atoms. The molecule has 0 saturated heterocycles. The van der Waals surface area contributed by atoms with E-state index < -0.39 is 9.84 Å². The van der Waals surface area contributed by atoms with E-state index in [4.69, 9.17) is 0 Å². The summed E-state index contributed by atoms with van der Waals surface area (Å²) in [6.45, 7) is 0. The van der Waals surface area contributed by atoms with E-state index in [1.807, 2.05) is 36.4 Å². The van der Waals surface area contributed by atoms with Crippen molar-refractivity contribution < 1.29 is 8.42 Å². The van der Waals surface area contributed by atoms with E-state index in [0.29, 0.717) is 0 Å².